The number of alkyl halides is 2. The molecule has 0 spiro atoms. The summed E-state index contributed by atoms with van der Waals surface area (Å²) in [5.74, 6) is 0.0822. The minimum absolute atomic E-state index is 0.125. The predicted octanol–water partition coefficient (Wildman–Crippen LogP) is 3.41. The average Bonchev–Trinajstić information content (AvgIpc) is 3.44. The normalized spacial score (nSPS) is 20.8. The van der Waals surface area contributed by atoms with Crippen LogP contribution >= 0.6 is 0 Å². The Morgan fingerprint density at radius 1 is 1.27 bits per heavy atom. The molecule has 1 saturated heterocycles. The Morgan fingerprint density at radius 3 is 2.73 bits per heavy atom. The second kappa shape index (κ2) is 6.58. The van der Waals surface area contributed by atoms with Crippen LogP contribution in [-0.2, 0) is 0 Å². The van der Waals surface area contributed by atoms with Gasteiger partial charge in [0.2, 0.25) is 0 Å². The molecule has 1 unspecified atom stereocenters. The maximum atomic E-state index is 13.5. The highest BCUT2D eigenvalue weighted by Crippen LogP contribution is 2.41. The molecule has 138 valence electrons. The van der Waals surface area contributed by atoms with Crippen LogP contribution in [0, 0.1) is 13.8 Å². The van der Waals surface area contributed by atoms with Crippen molar-refractivity contribution in [2.45, 2.75) is 45.1 Å². The van der Waals surface area contributed by atoms with Crippen LogP contribution < -0.4 is 5.32 Å². The van der Waals surface area contributed by atoms with Crippen molar-refractivity contribution >= 4 is 16.8 Å². The number of rotatable bonds is 3. The molecule has 1 aromatic heterocycles. The summed E-state index contributed by atoms with van der Waals surface area (Å²) in [5.41, 5.74) is 4.26. The highest BCUT2D eigenvalue weighted by atomic mass is 19.3. The first-order chi connectivity index (χ1) is 12.5. The molecule has 1 aromatic carbocycles. The van der Waals surface area contributed by atoms with Crippen LogP contribution in [0.5, 0.6) is 0 Å². The number of hydrogen-bond donors (Lipinski definition) is 1. The Kier molecular flexibility index (Phi) is 4.39. The Morgan fingerprint density at radius 2 is 2.04 bits per heavy atom. The van der Waals surface area contributed by atoms with E-state index in [-0.39, 0.29) is 12.5 Å². The molecule has 2 fully saturated rings. The number of amides is 1. The van der Waals surface area contributed by atoms with Gasteiger partial charge in [-0.2, -0.15) is 0 Å². The molecule has 0 radical (unpaired) electrons. The van der Waals surface area contributed by atoms with Gasteiger partial charge in [0.05, 0.1) is 11.1 Å². The van der Waals surface area contributed by atoms with E-state index in [2.05, 4.69) is 5.32 Å². The van der Waals surface area contributed by atoms with Crippen molar-refractivity contribution in [2.24, 2.45) is 0 Å². The van der Waals surface area contributed by atoms with E-state index in [1.165, 1.54) is 4.90 Å². The molecule has 6 heteroatoms. The maximum absolute atomic E-state index is 13.5. The number of nitrogens with zero attached hydrogens (tertiary/aromatic N) is 2. The number of pyridine rings is 1. The summed E-state index contributed by atoms with van der Waals surface area (Å²) in [4.78, 5) is 19.4. The van der Waals surface area contributed by atoms with E-state index in [0.29, 0.717) is 24.6 Å². The molecule has 0 bridgehead atoms. The zero-order valence-electron chi connectivity index (χ0n) is 15.1. The van der Waals surface area contributed by atoms with Crippen LogP contribution in [0.1, 0.15) is 45.9 Å². The first-order valence-corrected chi connectivity index (χ1v) is 9.17. The maximum Gasteiger partial charge on any atom is 0.259 e. The third-order valence-corrected chi connectivity index (χ3v) is 5.33. The molecule has 1 atom stereocenters. The predicted molar refractivity (Wildman–Crippen MR) is 96.9 cm³/mol. The second-order valence-electron chi connectivity index (χ2n) is 7.45. The van der Waals surface area contributed by atoms with Crippen molar-refractivity contribution in [1.82, 2.24) is 15.2 Å². The summed E-state index contributed by atoms with van der Waals surface area (Å²) in [6.45, 7) is 4.91. The Bertz CT molecular complexity index is 864. The summed E-state index contributed by atoms with van der Waals surface area (Å²) in [6.07, 6.45) is -0.417. The lowest BCUT2D eigenvalue weighted by Gasteiger charge is -2.36. The highest BCUT2D eigenvalue weighted by molar-refractivity contribution is 6.07. The van der Waals surface area contributed by atoms with Crippen molar-refractivity contribution in [3.05, 3.63) is 40.6 Å². The summed E-state index contributed by atoms with van der Waals surface area (Å²) >= 11 is 0. The Hall–Kier alpha value is -2.08. The summed E-state index contributed by atoms with van der Waals surface area (Å²) in [6, 6.07) is 4.75. The third-order valence-electron chi connectivity index (χ3n) is 5.33. The molecule has 1 saturated carbocycles. The van der Waals surface area contributed by atoms with Crippen molar-refractivity contribution in [3.8, 4) is 0 Å². The third kappa shape index (κ3) is 3.07. The highest BCUT2D eigenvalue weighted by Gasteiger charge is 2.35. The van der Waals surface area contributed by atoms with E-state index in [0.717, 1.165) is 40.6 Å². The zero-order valence-corrected chi connectivity index (χ0v) is 15.1. The van der Waals surface area contributed by atoms with E-state index < -0.39 is 12.5 Å². The van der Waals surface area contributed by atoms with Crippen molar-refractivity contribution in [2.75, 3.05) is 19.6 Å². The molecule has 1 aliphatic heterocycles. The van der Waals surface area contributed by atoms with Crippen LogP contribution in [0.2, 0.25) is 0 Å². The number of aryl methyl sites for hydroxylation is 2. The minimum atomic E-state index is -2.56. The lowest BCUT2D eigenvalue weighted by atomic mass is 9.98. The van der Waals surface area contributed by atoms with E-state index in [4.69, 9.17) is 4.98 Å². The topological polar surface area (TPSA) is 45.2 Å². The van der Waals surface area contributed by atoms with E-state index in [1.807, 2.05) is 32.0 Å². The summed E-state index contributed by atoms with van der Waals surface area (Å²) in [5, 5.41) is 3.75. The number of benzene rings is 1. The number of halogens is 2. The monoisotopic (exact) mass is 359 g/mol. The average molecular weight is 359 g/mol. The van der Waals surface area contributed by atoms with Crippen LogP contribution in [0.4, 0.5) is 8.78 Å². The van der Waals surface area contributed by atoms with Gasteiger partial charge < -0.3 is 10.2 Å². The van der Waals surface area contributed by atoms with Gasteiger partial charge >= 0.3 is 0 Å². The molecule has 2 heterocycles. The number of fused-ring (bicyclic) bond motifs is 1. The van der Waals surface area contributed by atoms with Gasteiger partial charge in [-0.05, 0) is 49.9 Å². The van der Waals surface area contributed by atoms with Gasteiger partial charge in [-0.1, -0.05) is 6.07 Å². The zero-order chi connectivity index (χ0) is 18.4. The van der Waals surface area contributed by atoms with E-state index in [1.54, 1.807) is 0 Å². The largest absolute Gasteiger partial charge is 0.327 e. The SMILES string of the molecule is Cc1cc(C)c2c(C(=O)N3CCNCC3C(F)F)cc(C3CC3)nc2c1. The molecule has 2 aliphatic rings. The molecule has 26 heavy (non-hydrogen) atoms. The van der Waals surface area contributed by atoms with Gasteiger partial charge in [-0.3, -0.25) is 9.78 Å². The molecule has 1 amide bonds. The van der Waals surface area contributed by atoms with E-state index >= 15 is 0 Å². The van der Waals surface area contributed by atoms with Gasteiger partial charge in [0.25, 0.3) is 12.3 Å². The lowest BCUT2D eigenvalue weighted by Crippen LogP contribution is -2.56. The molecule has 2 aromatic rings. The quantitative estimate of drug-likeness (QED) is 0.914. The van der Waals surface area contributed by atoms with Gasteiger partial charge in [0.1, 0.15) is 6.04 Å². The Balaban J connectivity index is 1.85. The molecule has 4 nitrogen and oxygen atoms in total. The number of aromatic nitrogens is 1. The molecule has 1 N–H and O–H groups in total. The molecule has 4 rings (SSSR count). The standard InChI is InChI=1S/C20H23F2N3O/c1-11-7-12(2)18-14(9-15(13-3-4-13)24-16(18)8-11)20(26)25-6-5-23-10-17(25)19(21)22/h7-9,13,17,19,23H,3-6,10H2,1-2H3. The van der Waals surface area contributed by atoms with Gasteiger partial charge in [-0.15, -0.1) is 0 Å². The fourth-order valence-corrected chi connectivity index (χ4v) is 3.89. The first-order valence-electron chi connectivity index (χ1n) is 9.17. The first kappa shape index (κ1) is 17.3. The molecule has 1 aliphatic carbocycles. The fourth-order valence-electron chi connectivity index (χ4n) is 3.89. The fraction of sp³-hybridized carbons (Fsp3) is 0.500. The summed E-state index contributed by atoms with van der Waals surface area (Å²) in [7, 11) is 0. The van der Waals surface area contributed by atoms with Crippen molar-refractivity contribution in [3.63, 3.8) is 0 Å². The lowest BCUT2D eigenvalue weighted by molar-refractivity contribution is 0.0127. The molecular weight excluding hydrogens is 336 g/mol. The number of piperazine rings is 1. The van der Waals surface area contributed by atoms with Gasteiger partial charge in [-0.25, -0.2) is 8.78 Å². The Labute approximate surface area is 151 Å². The van der Waals surface area contributed by atoms with Crippen LogP contribution in [0.15, 0.2) is 18.2 Å². The minimum Gasteiger partial charge on any atom is -0.327 e. The van der Waals surface area contributed by atoms with Crippen molar-refractivity contribution < 1.29 is 13.6 Å². The van der Waals surface area contributed by atoms with Gasteiger partial charge in [0.15, 0.2) is 0 Å². The van der Waals surface area contributed by atoms with Crippen LogP contribution in [-0.4, -0.2) is 47.9 Å². The van der Waals surface area contributed by atoms with Crippen LogP contribution in [0.25, 0.3) is 10.9 Å². The molecular formula is C20H23F2N3O. The van der Waals surface area contributed by atoms with E-state index in [9.17, 15) is 13.6 Å². The van der Waals surface area contributed by atoms with Gasteiger partial charge in [0, 0.05) is 36.6 Å². The number of carbonyl (C=O) groups is 1. The number of hydrogen-bond acceptors (Lipinski definition) is 3. The van der Waals surface area contributed by atoms with Crippen molar-refractivity contribution in [1.29, 1.82) is 0 Å². The van der Waals surface area contributed by atoms with Crippen LogP contribution in [0.3, 0.4) is 0 Å². The number of carbonyl (C=O) groups excluding carboxylic acids is 1. The smallest absolute Gasteiger partial charge is 0.259 e. The second-order valence-corrected chi connectivity index (χ2v) is 7.45. The summed E-state index contributed by atoms with van der Waals surface area (Å²) < 4.78 is 26.9. The number of nitrogens with one attached hydrogen (secondary N) is 1.